The largest absolute Gasteiger partial charge is 0.478 e. The van der Waals surface area contributed by atoms with Crippen LogP contribution < -0.4 is 11.1 Å². The molecule has 0 saturated carbocycles. The van der Waals surface area contributed by atoms with Crippen LogP contribution in [0.1, 0.15) is 37.0 Å². The molecular weight excluding hydrogens is 312 g/mol. The second kappa shape index (κ2) is 6.16. The van der Waals surface area contributed by atoms with Crippen LogP contribution in [-0.2, 0) is 4.79 Å². The van der Waals surface area contributed by atoms with Gasteiger partial charge >= 0.3 is 5.97 Å². The van der Waals surface area contributed by atoms with Crippen molar-refractivity contribution in [2.75, 3.05) is 5.32 Å². The van der Waals surface area contributed by atoms with Gasteiger partial charge in [0.2, 0.25) is 5.91 Å². The molecular formula is C13H17BrN2O3. The molecule has 0 saturated heterocycles. The maximum absolute atomic E-state index is 12.1. The average molecular weight is 329 g/mol. The Morgan fingerprint density at radius 2 is 2.11 bits per heavy atom. The third-order valence-corrected chi connectivity index (χ3v) is 3.44. The highest BCUT2D eigenvalue weighted by atomic mass is 79.9. The van der Waals surface area contributed by atoms with Crippen molar-refractivity contribution in [1.29, 1.82) is 0 Å². The third-order valence-electron chi connectivity index (χ3n) is 2.75. The van der Waals surface area contributed by atoms with Crippen molar-refractivity contribution in [3.8, 4) is 0 Å². The minimum Gasteiger partial charge on any atom is -0.478 e. The monoisotopic (exact) mass is 328 g/mol. The molecule has 5 nitrogen and oxygen atoms in total. The molecule has 0 aliphatic heterocycles. The zero-order valence-corrected chi connectivity index (χ0v) is 12.5. The highest BCUT2D eigenvalue weighted by molar-refractivity contribution is 9.10. The summed E-state index contributed by atoms with van der Waals surface area (Å²) in [5.41, 5.74) is 5.45. The molecule has 1 atom stereocenters. The fourth-order valence-corrected chi connectivity index (χ4v) is 2.00. The number of aromatic carboxylic acids is 1. The lowest BCUT2D eigenvalue weighted by atomic mass is 9.96. The number of amides is 1. The van der Waals surface area contributed by atoms with Gasteiger partial charge in [0.05, 0.1) is 16.8 Å². The lowest BCUT2D eigenvalue weighted by Crippen LogP contribution is -2.48. The van der Waals surface area contributed by atoms with Crippen LogP contribution >= 0.6 is 15.9 Å². The maximum Gasteiger partial charge on any atom is 0.335 e. The van der Waals surface area contributed by atoms with Crippen LogP contribution in [0.3, 0.4) is 0 Å². The van der Waals surface area contributed by atoms with Gasteiger partial charge in [-0.1, -0.05) is 13.3 Å². The Morgan fingerprint density at radius 3 is 2.63 bits per heavy atom. The summed E-state index contributed by atoms with van der Waals surface area (Å²) in [6, 6.07) is 4.43. The van der Waals surface area contributed by atoms with Gasteiger partial charge in [0.25, 0.3) is 0 Å². The lowest BCUT2D eigenvalue weighted by molar-refractivity contribution is -0.120. The van der Waals surface area contributed by atoms with Gasteiger partial charge in [0, 0.05) is 4.47 Å². The second-order valence-electron chi connectivity index (χ2n) is 4.62. The van der Waals surface area contributed by atoms with E-state index < -0.39 is 11.5 Å². The maximum atomic E-state index is 12.1. The normalized spacial score (nSPS) is 13.7. The molecule has 4 N–H and O–H groups in total. The van der Waals surface area contributed by atoms with Gasteiger partial charge in [0.1, 0.15) is 0 Å². The molecule has 1 rings (SSSR count). The van der Waals surface area contributed by atoms with Gasteiger partial charge in [-0.15, -0.1) is 0 Å². The molecule has 0 bridgehead atoms. The van der Waals surface area contributed by atoms with E-state index >= 15 is 0 Å². The molecule has 104 valence electrons. The van der Waals surface area contributed by atoms with Gasteiger partial charge in [0.15, 0.2) is 0 Å². The number of rotatable bonds is 5. The number of benzene rings is 1. The Morgan fingerprint density at radius 1 is 1.47 bits per heavy atom. The molecule has 0 aliphatic rings. The van der Waals surface area contributed by atoms with Crippen LogP contribution in [0, 0.1) is 0 Å². The Balaban J connectivity index is 2.96. The SMILES string of the molecule is CCCC(C)(N)C(=O)Nc1cc(C(=O)O)ccc1Br. The zero-order valence-electron chi connectivity index (χ0n) is 10.9. The number of carbonyl (C=O) groups is 2. The van der Waals surface area contributed by atoms with E-state index in [1.54, 1.807) is 13.0 Å². The van der Waals surface area contributed by atoms with E-state index in [0.29, 0.717) is 16.6 Å². The molecule has 1 amide bonds. The van der Waals surface area contributed by atoms with E-state index in [2.05, 4.69) is 21.2 Å². The first kappa shape index (κ1) is 15.7. The molecule has 6 heteroatoms. The van der Waals surface area contributed by atoms with E-state index in [4.69, 9.17) is 10.8 Å². The smallest absolute Gasteiger partial charge is 0.335 e. The molecule has 19 heavy (non-hydrogen) atoms. The summed E-state index contributed by atoms with van der Waals surface area (Å²) in [7, 11) is 0. The number of carboxylic acid groups (broad SMARTS) is 1. The van der Waals surface area contributed by atoms with Gasteiger partial charge in [-0.05, 0) is 47.5 Å². The Bertz CT molecular complexity index is 501. The number of nitrogens with one attached hydrogen (secondary N) is 1. The Hall–Kier alpha value is -1.40. The average Bonchev–Trinajstić information content (AvgIpc) is 2.31. The third kappa shape index (κ3) is 4.04. The van der Waals surface area contributed by atoms with Gasteiger partial charge < -0.3 is 16.2 Å². The van der Waals surface area contributed by atoms with Crippen LogP contribution in [0.5, 0.6) is 0 Å². The first-order valence-electron chi connectivity index (χ1n) is 5.91. The summed E-state index contributed by atoms with van der Waals surface area (Å²) < 4.78 is 0.609. The standard InChI is InChI=1S/C13H17BrN2O3/c1-3-6-13(2,15)12(19)16-10-7-8(11(17)18)4-5-9(10)14/h4-5,7H,3,6,15H2,1-2H3,(H,16,19)(H,17,18). The number of carboxylic acids is 1. The first-order valence-corrected chi connectivity index (χ1v) is 6.70. The summed E-state index contributed by atoms with van der Waals surface area (Å²) in [5.74, 6) is -1.38. The van der Waals surface area contributed by atoms with Crippen LogP contribution in [0.15, 0.2) is 22.7 Å². The van der Waals surface area contributed by atoms with Gasteiger partial charge in [-0.25, -0.2) is 4.79 Å². The molecule has 0 radical (unpaired) electrons. The van der Waals surface area contributed by atoms with Crippen molar-refractivity contribution in [3.05, 3.63) is 28.2 Å². The van der Waals surface area contributed by atoms with Crippen molar-refractivity contribution < 1.29 is 14.7 Å². The Kier molecular flexibility index (Phi) is 5.08. The van der Waals surface area contributed by atoms with Crippen LogP contribution in [0.2, 0.25) is 0 Å². The number of carbonyl (C=O) groups excluding carboxylic acids is 1. The molecule has 0 aliphatic carbocycles. The molecule has 0 aromatic heterocycles. The summed E-state index contributed by atoms with van der Waals surface area (Å²) in [6.07, 6.45) is 1.34. The molecule has 1 aromatic carbocycles. The fourth-order valence-electron chi connectivity index (χ4n) is 1.65. The number of nitrogens with two attached hydrogens (primary N) is 1. The second-order valence-corrected chi connectivity index (χ2v) is 5.48. The van der Waals surface area contributed by atoms with E-state index in [1.807, 2.05) is 6.92 Å². The molecule has 0 heterocycles. The predicted octanol–water partition coefficient (Wildman–Crippen LogP) is 2.60. The topological polar surface area (TPSA) is 92.4 Å². The predicted molar refractivity (Wildman–Crippen MR) is 77.2 cm³/mol. The van der Waals surface area contributed by atoms with E-state index in [-0.39, 0.29) is 11.5 Å². The van der Waals surface area contributed by atoms with Crippen LogP contribution in [0.25, 0.3) is 0 Å². The van der Waals surface area contributed by atoms with E-state index in [9.17, 15) is 9.59 Å². The summed E-state index contributed by atoms with van der Waals surface area (Å²) in [6.45, 7) is 3.60. The molecule has 0 spiro atoms. The molecule has 0 fully saturated rings. The highest BCUT2D eigenvalue weighted by Crippen LogP contribution is 2.25. The van der Waals surface area contributed by atoms with Crippen LogP contribution in [0.4, 0.5) is 5.69 Å². The first-order chi connectivity index (χ1) is 8.77. The van der Waals surface area contributed by atoms with Crippen molar-refractivity contribution in [2.24, 2.45) is 5.73 Å². The van der Waals surface area contributed by atoms with Crippen molar-refractivity contribution in [3.63, 3.8) is 0 Å². The van der Waals surface area contributed by atoms with E-state index in [0.717, 1.165) is 6.42 Å². The minimum absolute atomic E-state index is 0.104. The highest BCUT2D eigenvalue weighted by Gasteiger charge is 2.27. The van der Waals surface area contributed by atoms with E-state index in [1.165, 1.54) is 12.1 Å². The van der Waals surface area contributed by atoms with Gasteiger partial charge in [-0.2, -0.15) is 0 Å². The minimum atomic E-state index is -1.05. The zero-order chi connectivity index (χ0) is 14.6. The summed E-state index contributed by atoms with van der Waals surface area (Å²) >= 11 is 3.27. The van der Waals surface area contributed by atoms with Crippen LogP contribution in [-0.4, -0.2) is 22.5 Å². The molecule has 1 unspecified atom stereocenters. The lowest BCUT2D eigenvalue weighted by Gasteiger charge is -2.23. The van der Waals surface area contributed by atoms with Crippen molar-refractivity contribution in [1.82, 2.24) is 0 Å². The quantitative estimate of drug-likeness (QED) is 0.774. The number of halogens is 1. The Labute approximate surface area is 120 Å². The summed E-state index contributed by atoms with van der Waals surface area (Å²) in [5, 5.41) is 11.6. The number of hydrogen-bond donors (Lipinski definition) is 3. The van der Waals surface area contributed by atoms with Crippen molar-refractivity contribution >= 4 is 33.5 Å². The number of hydrogen-bond acceptors (Lipinski definition) is 3. The van der Waals surface area contributed by atoms with Gasteiger partial charge in [-0.3, -0.25) is 4.79 Å². The molecule has 1 aromatic rings. The summed E-state index contributed by atoms with van der Waals surface area (Å²) in [4.78, 5) is 23.0. The van der Waals surface area contributed by atoms with Crippen molar-refractivity contribution in [2.45, 2.75) is 32.2 Å². The number of anilines is 1. The fraction of sp³-hybridized carbons (Fsp3) is 0.385.